The van der Waals surface area contributed by atoms with Crippen molar-refractivity contribution in [3.8, 4) is 0 Å². The lowest BCUT2D eigenvalue weighted by Gasteiger charge is -2.25. The second-order valence-corrected chi connectivity index (χ2v) is 4.08. The van der Waals surface area contributed by atoms with Gasteiger partial charge in [0.05, 0.1) is 30.9 Å². The second-order valence-electron chi connectivity index (χ2n) is 4.08. The molecule has 1 aliphatic heterocycles. The van der Waals surface area contributed by atoms with E-state index in [1.807, 2.05) is 19.4 Å². The molecule has 90 valence electrons. The van der Waals surface area contributed by atoms with Crippen LogP contribution in [0.1, 0.15) is 18.7 Å². The molecule has 1 saturated heterocycles. The van der Waals surface area contributed by atoms with Gasteiger partial charge in [-0.25, -0.2) is 4.98 Å². The molecule has 1 aromatic heterocycles. The van der Waals surface area contributed by atoms with Crippen LogP contribution in [0, 0.1) is 0 Å². The van der Waals surface area contributed by atoms with Gasteiger partial charge in [-0.2, -0.15) is 0 Å². The van der Waals surface area contributed by atoms with Crippen LogP contribution < -0.4 is 5.32 Å². The van der Waals surface area contributed by atoms with Gasteiger partial charge in [-0.1, -0.05) is 0 Å². The number of ether oxygens (including phenoxy) is 2. The molecule has 0 amide bonds. The van der Waals surface area contributed by atoms with Crippen molar-refractivity contribution < 1.29 is 9.47 Å². The van der Waals surface area contributed by atoms with Crippen LogP contribution in [-0.2, 0) is 16.0 Å². The van der Waals surface area contributed by atoms with E-state index in [1.54, 1.807) is 7.11 Å². The molecular weight excluding hydrogens is 206 g/mol. The summed E-state index contributed by atoms with van der Waals surface area (Å²) in [7, 11) is 1.72. The Labute approximate surface area is 95.8 Å². The highest BCUT2D eigenvalue weighted by molar-refractivity contribution is 5.05. The predicted octanol–water partition coefficient (Wildman–Crippen LogP) is 0.579. The zero-order valence-electron chi connectivity index (χ0n) is 9.85. The quantitative estimate of drug-likeness (QED) is 0.814. The van der Waals surface area contributed by atoms with E-state index in [4.69, 9.17) is 9.47 Å². The zero-order chi connectivity index (χ0) is 11.4. The van der Waals surface area contributed by atoms with Gasteiger partial charge in [0.15, 0.2) is 0 Å². The molecule has 0 spiro atoms. The fourth-order valence-corrected chi connectivity index (χ4v) is 1.86. The van der Waals surface area contributed by atoms with Gasteiger partial charge in [-0.15, -0.1) is 0 Å². The Balaban J connectivity index is 2.05. The summed E-state index contributed by atoms with van der Waals surface area (Å²) >= 11 is 0. The number of aromatic nitrogens is 2. The van der Waals surface area contributed by atoms with Crippen LogP contribution in [0.5, 0.6) is 0 Å². The monoisotopic (exact) mass is 225 g/mol. The third-order valence-electron chi connectivity index (χ3n) is 2.86. The van der Waals surface area contributed by atoms with Gasteiger partial charge in [0.25, 0.3) is 0 Å². The normalized spacial score (nSPS) is 23.2. The molecule has 0 radical (unpaired) electrons. The van der Waals surface area contributed by atoms with E-state index in [2.05, 4.69) is 14.9 Å². The fraction of sp³-hybridized carbons (Fsp3) is 0.727. The van der Waals surface area contributed by atoms with Crippen molar-refractivity contribution in [3.63, 3.8) is 0 Å². The van der Waals surface area contributed by atoms with Crippen molar-refractivity contribution in [3.05, 3.63) is 18.2 Å². The first-order chi connectivity index (χ1) is 7.81. The van der Waals surface area contributed by atoms with Gasteiger partial charge >= 0.3 is 0 Å². The smallest absolute Gasteiger partial charge is 0.111 e. The maximum Gasteiger partial charge on any atom is 0.111 e. The molecule has 1 fully saturated rings. The Hall–Kier alpha value is -0.910. The topological polar surface area (TPSA) is 48.3 Å². The summed E-state index contributed by atoms with van der Waals surface area (Å²) in [6.45, 7) is 5.40. The van der Waals surface area contributed by atoms with Crippen molar-refractivity contribution in [2.24, 2.45) is 0 Å². The molecule has 5 nitrogen and oxygen atoms in total. The number of methoxy groups -OCH3 is 1. The summed E-state index contributed by atoms with van der Waals surface area (Å²) in [5, 5.41) is 3.32. The molecule has 2 unspecified atom stereocenters. The van der Waals surface area contributed by atoms with Crippen LogP contribution >= 0.6 is 0 Å². The summed E-state index contributed by atoms with van der Waals surface area (Å²) in [6.07, 6.45) is 4.01. The summed E-state index contributed by atoms with van der Waals surface area (Å²) in [5.74, 6) is 0. The van der Waals surface area contributed by atoms with E-state index in [0.717, 1.165) is 31.9 Å². The molecule has 0 bridgehead atoms. The highest BCUT2D eigenvalue weighted by Crippen LogP contribution is 2.18. The molecule has 0 aromatic carbocycles. The SMILES string of the molecule is COC(C)Cn1cncc1C1CNCCO1. The Bertz CT molecular complexity index is 321. The Morgan fingerprint density at radius 2 is 2.62 bits per heavy atom. The first-order valence-electron chi connectivity index (χ1n) is 5.66. The number of hydrogen-bond acceptors (Lipinski definition) is 4. The molecule has 2 atom stereocenters. The Morgan fingerprint density at radius 3 is 3.31 bits per heavy atom. The minimum Gasteiger partial charge on any atom is -0.380 e. The van der Waals surface area contributed by atoms with Crippen LogP contribution in [0.25, 0.3) is 0 Å². The Kier molecular flexibility index (Phi) is 3.93. The predicted molar refractivity (Wildman–Crippen MR) is 60.3 cm³/mol. The van der Waals surface area contributed by atoms with E-state index in [1.165, 1.54) is 0 Å². The van der Waals surface area contributed by atoms with Crippen molar-refractivity contribution in [2.75, 3.05) is 26.8 Å². The van der Waals surface area contributed by atoms with Gasteiger partial charge in [-0.3, -0.25) is 0 Å². The molecule has 16 heavy (non-hydrogen) atoms. The summed E-state index contributed by atoms with van der Waals surface area (Å²) in [4.78, 5) is 4.18. The van der Waals surface area contributed by atoms with Crippen LogP contribution in [0.15, 0.2) is 12.5 Å². The molecule has 2 heterocycles. The largest absolute Gasteiger partial charge is 0.380 e. The van der Waals surface area contributed by atoms with Gasteiger partial charge in [-0.05, 0) is 6.92 Å². The maximum absolute atomic E-state index is 5.71. The first kappa shape index (κ1) is 11.6. The number of rotatable bonds is 4. The molecule has 1 aliphatic rings. The number of nitrogens with one attached hydrogen (secondary N) is 1. The second kappa shape index (κ2) is 5.43. The van der Waals surface area contributed by atoms with Crippen molar-refractivity contribution in [2.45, 2.75) is 25.7 Å². The maximum atomic E-state index is 5.71. The zero-order valence-corrected chi connectivity index (χ0v) is 9.85. The molecule has 1 N–H and O–H groups in total. The van der Waals surface area contributed by atoms with Gasteiger partial charge in [0, 0.05) is 26.7 Å². The Morgan fingerprint density at radius 1 is 1.75 bits per heavy atom. The fourth-order valence-electron chi connectivity index (χ4n) is 1.86. The van der Waals surface area contributed by atoms with E-state index in [-0.39, 0.29) is 12.2 Å². The third kappa shape index (κ3) is 2.61. The number of morpholine rings is 1. The minimum atomic E-state index is 0.111. The summed E-state index contributed by atoms with van der Waals surface area (Å²) < 4.78 is 13.1. The number of imidazole rings is 1. The highest BCUT2D eigenvalue weighted by Gasteiger charge is 2.19. The molecule has 2 rings (SSSR count). The van der Waals surface area contributed by atoms with Gasteiger partial charge < -0.3 is 19.4 Å². The highest BCUT2D eigenvalue weighted by atomic mass is 16.5. The molecule has 1 aromatic rings. The van der Waals surface area contributed by atoms with Crippen LogP contribution in [0.3, 0.4) is 0 Å². The lowest BCUT2D eigenvalue weighted by molar-refractivity contribution is 0.0206. The van der Waals surface area contributed by atoms with E-state index in [9.17, 15) is 0 Å². The van der Waals surface area contributed by atoms with Gasteiger partial charge in [0.1, 0.15) is 6.10 Å². The average molecular weight is 225 g/mol. The number of hydrogen-bond donors (Lipinski definition) is 1. The summed E-state index contributed by atoms with van der Waals surface area (Å²) in [6, 6.07) is 0. The van der Waals surface area contributed by atoms with Crippen LogP contribution in [0.4, 0.5) is 0 Å². The third-order valence-corrected chi connectivity index (χ3v) is 2.86. The summed E-state index contributed by atoms with van der Waals surface area (Å²) in [5.41, 5.74) is 1.12. The molecule has 5 heteroatoms. The molecule has 0 aliphatic carbocycles. The lowest BCUT2D eigenvalue weighted by atomic mass is 10.2. The standard InChI is InChI=1S/C11H19N3O2/c1-9(15-2)7-14-8-13-5-10(14)11-6-12-3-4-16-11/h5,8-9,11-12H,3-4,6-7H2,1-2H3. The van der Waals surface area contributed by atoms with Crippen LogP contribution in [-0.4, -0.2) is 42.5 Å². The lowest BCUT2D eigenvalue weighted by Crippen LogP contribution is -2.34. The molecular formula is C11H19N3O2. The molecule has 0 saturated carbocycles. The van der Waals surface area contributed by atoms with Crippen LogP contribution in [0.2, 0.25) is 0 Å². The number of nitrogens with zero attached hydrogens (tertiary/aromatic N) is 2. The first-order valence-corrected chi connectivity index (χ1v) is 5.66. The van der Waals surface area contributed by atoms with E-state index < -0.39 is 0 Å². The van der Waals surface area contributed by atoms with Crippen molar-refractivity contribution in [1.82, 2.24) is 14.9 Å². The van der Waals surface area contributed by atoms with E-state index in [0.29, 0.717) is 0 Å². The van der Waals surface area contributed by atoms with Crippen molar-refractivity contribution in [1.29, 1.82) is 0 Å². The van der Waals surface area contributed by atoms with Gasteiger partial charge in [0.2, 0.25) is 0 Å². The average Bonchev–Trinajstić information content (AvgIpc) is 2.78. The van der Waals surface area contributed by atoms with Crippen molar-refractivity contribution >= 4 is 0 Å². The van der Waals surface area contributed by atoms with E-state index >= 15 is 0 Å². The minimum absolute atomic E-state index is 0.111.